The highest BCUT2D eigenvalue weighted by molar-refractivity contribution is 6.36. The number of rotatable bonds is 2. The molecule has 2 aromatic carbocycles. The van der Waals surface area contributed by atoms with E-state index < -0.39 is 5.78 Å². The van der Waals surface area contributed by atoms with E-state index in [1.165, 1.54) is 18.3 Å². The monoisotopic (exact) mass is 357 g/mol. The number of aromatic hydroxyl groups is 1. The van der Waals surface area contributed by atoms with Gasteiger partial charge in [-0.15, -0.1) is 0 Å². The topological polar surface area (TPSA) is 67.5 Å². The Labute approximate surface area is 146 Å². The number of halogens is 2. The fourth-order valence-electron chi connectivity index (χ4n) is 2.56. The molecule has 0 amide bonds. The lowest BCUT2D eigenvalue weighted by molar-refractivity contribution is 0.103. The summed E-state index contributed by atoms with van der Waals surface area (Å²) in [7, 11) is 0. The number of nitrogens with zero attached hydrogens (tertiary/aromatic N) is 3. The summed E-state index contributed by atoms with van der Waals surface area (Å²) in [4.78, 5) is 21.3. The standard InChI is InChI=1S/C17H9Cl2N3O2/c18-10-5-11(16(24)12(19)6-10)15(23)9-7-20-17-21-13-3-1-2-4-14(13)22(17)8-9/h1-8,24H. The molecular weight excluding hydrogens is 349 g/mol. The van der Waals surface area contributed by atoms with Crippen molar-refractivity contribution in [1.29, 1.82) is 0 Å². The number of benzene rings is 2. The number of hydrogen-bond donors (Lipinski definition) is 1. The van der Waals surface area contributed by atoms with E-state index in [1.807, 2.05) is 24.3 Å². The van der Waals surface area contributed by atoms with Crippen LogP contribution in [0.15, 0.2) is 48.8 Å². The number of carbonyl (C=O) groups excluding carboxylic acids is 1. The Kier molecular flexibility index (Phi) is 3.40. The lowest BCUT2D eigenvalue weighted by Crippen LogP contribution is -2.05. The number of phenolic OH excluding ortho intramolecular Hbond substituents is 1. The van der Waals surface area contributed by atoms with E-state index >= 15 is 0 Å². The second-order valence-electron chi connectivity index (χ2n) is 5.23. The van der Waals surface area contributed by atoms with Gasteiger partial charge < -0.3 is 5.11 Å². The van der Waals surface area contributed by atoms with Gasteiger partial charge in [-0.3, -0.25) is 9.20 Å². The van der Waals surface area contributed by atoms with Crippen molar-refractivity contribution in [3.63, 3.8) is 0 Å². The SMILES string of the molecule is O=C(c1cnc2nc3ccccc3n2c1)c1cc(Cl)cc(Cl)c1O. The first-order valence-electron chi connectivity index (χ1n) is 7.00. The molecule has 2 aromatic heterocycles. The number of ketones is 1. The van der Waals surface area contributed by atoms with E-state index in [2.05, 4.69) is 9.97 Å². The van der Waals surface area contributed by atoms with Crippen molar-refractivity contribution in [2.24, 2.45) is 0 Å². The number of hydrogen-bond acceptors (Lipinski definition) is 4. The summed E-state index contributed by atoms with van der Waals surface area (Å²) >= 11 is 11.8. The number of imidazole rings is 1. The van der Waals surface area contributed by atoms with Crippen LogP contribution in [0.2, 0.25) is 10.0 Å². The van der Waals surface area contributed by atoms with Gasteiger partial charge in [0, 0.05) is 17.4 Å². The third-order valence-corrected chi connectivity index (χ3v) is 4.21. The zero-order valence-corrected chi connectivity index (χ0v) is 13.6. The highest BCUT2D eigenvalue weighted by Gasteiger charge is 2.18. The van der Waals surface area contributed by atoms with Crippen molar-refractivity contribution in [3.8, 4) is 5.75 Å². The average Bonchev–Trinajstić information content (AvgIpc) is 2.95. The smallest absolute Gasteiger partial charge is 0.234 e. The third-order valence-electron chi connectivity index (χ3n) is 3.70. The molecule has 4 rings (SSSR count). The van der Waals surface area contributed by atoms with E-state index in [0.29, 0.717) is 11.3 Å². The normalized spacial score (nSPS) is 11.2. The van der Waals surface area contributed by atoms with E-state index in [0.717, 1.165) is 11.0 Å². The van der Waals surface area contributed by atoms with E-state index in [9.17, 15) is 9.90 Å². The van der Waals surface area contributed by atoms with Crippen LogP contribution in [0.4, 0.5) is 0 Å². The van der Waals surface area contributed by atoms with Crippen LogP contribution >= 0.6 is 23.2 Å². The van der Waals surface area contributed by atoms with Crippen LogP contribution in [0.3, 0.4) is 0 Å². The predicted octanol–water partition coefficient (Wildman–Crippen LogP) is 4.13. The second-order valence-corrected chi connectivity index (χ2v) is 6.07. The quantitative estimate of drug-likeness (QED) is 0.547. The highest BCUT2D eigenvalue weighted by atomic mass is 35.5. The van der Waals surface area contributed by atoms with Crippen LogP contribution in [0.25, 0.3) is 16.8 Å². The number of para-hydroxylation sites is 2. The Bertz CT molecular complexity index is 1120. The molecule has 7 heteroatoms. The average molecular weight is 358 g/mol. The first-order valence-corrected chi connectivity index (χ1v) is 7.76. The second kappa shape index (κ2) is 5.47. The minimum Gasteiger partial charge on any atom is -0.506 e. The van der Waals surface area contributed by atoms with Crippen molar-refractivity contribution >= 4 is 45.8 Å². The molecule has 0 saturated carbocycles. The Balaban J connectivity index is 1.90. The zero-order chi connectivity index (χ0) is 16.8. The molecule has 2 heterocycles. The molecule has 24 heavy (non-hydrogen) atoms. The molecule has 0 spiro atoms. The van der Waals surface area contributed by atoms with Gasteiger partial charge in [0.15, 0.2) is 5.78 Å². The maximum atomic E-state index is 12.7. The largest absolute Gasteiger partial charge is 0.506 e. The van der Waals surface area contributed by atoms with Gasteiger partial charge in [-0.1, -0.05) is 35.3 Å². The van der Waals surface area contributed by atoms with E-state index in [1.54, 1.807) is 10.6 Å². The zero-order valence-electron chi connectivity index (χ0n) is 12.1. The molecule has 0 bridgehead atoms. The van der Waals surface area contributed by atoms with Gasteiger partial charge in [-0.25, -0.2) is 9.97 Å². The van der Waals surface area contributed by atoms with Crippen LogP contribution in [-0.2, 0) is 0 Å². The molecule has 0 fully saturated rings. The van der Waals surface area contributed by atoms with Crippen molar-refractivity contribution in [3.05, 3.63) is 70.0 Å². The summed E-state index contributed by atoms with van der Waals surface area (Å²) in [6.07, 6.45) is 3.05. The molecule has 0 atom stereocenters. The molecule has 0 aliphatic carbocycles. The molecule has 0 radical (unpaired) electrons. The molecule has 1 N–H and O–H groups in total. The summed E-state index contributed by atoms with van der Waals surface area (Å²) in [6.45, 7) is 0. The molecule has 4 aromatic rings. The Morgan fingerprint density at radius 2 is 1.96 bits per heavy atom. The van der Waals surface area contributed by atoms with Crippen molar-refractivity contribution < 1.29 is 9.90 Å². The van der Waals surface area contributed by atoms with Crippen LogP contribution in [0.5, 0.6) is 5.75 Å². The minimum absolute atomic E-state index is 0.0213. The number of fused-ring (bicyclic) bond motifs is 3. The van der Waals surface area contributed by atoms with Gasteiger partial charge in [0.05, 0.1) is 27.2 Å². The molecular formula is C17H9Cl2N3O2. The molecule has 0 unspecified atom stereocenters. The van der Waals surface area contributed by atoms with E-state index in [4.69, 9.17) is 23.2 Å². The molecule has 0 aliphatic heterocycles. The minimum atomic E-state index is -0.427. The third kappa shape index (κ3) is 2.29. The summed E-state index contributed by atoms with van der Waals surface area (Å²) in [5.74, 6) is -0.244. The van der Waals surface area contributed by atoms with Gasteiger partial charge in [0.25, 0.3) is 0 Å². The lowest BCUT2D eigenvalue weighted by atomic mass is 10.1. The Morgan fingerprint density at radius 1 is 1.17 bits per heavy atom. The Morgan fingerprint density at radius 3 is 2.79 bits per heavy atom. The highest BCUT2D eigenvalue weighted by Crippen LogP contribution is 2.32. The summed E-state index contributed by atoms with van der Waals surface area (Å²) < 4.78 is 1.73. The Hall–Kier alpha value is -2.63. The van der Waals surface area contributed by atoms with Gasteiger partial charge in [-0.05, 0) is 24.3 Å². The number of carbonyl (C=O) groups is 1. The van der Waals surface area contributed by atoms with E-state index in [-0.39, 0.29) is 21.4 Å². The van der Waals surface area contributed by atoms with Crippen molar-refractivity contribution in [2.75, 3.05) is 0 Å². The van der Waals surface area contributed by atoms with Crippen molar-refractivity contribution in [1.82, 2.24) is 14.4 Å². The van der Waals surface area contributed by atoms with Gasteiger partial charge in [-0.2, -0.15) is 0 Å². The van der Waals surface area contributed by atoms with Gasteiger partial charge >= 0.3 is 0 Å². The molecule has 118 valence electrons. The van der Waals surface area contributed by atoms with Crippen LogP contribution in [0.1, 0.15) is 15.9 Å². The molecule has 0 aliphatic rings. The maximum Gasteiger partial charge on any atom is 0.234 e. The van der Waals surface area contributed by atoms with Crippen LogP contribution in [0, 0.1) is 0 Å². The van der Waals surface area contributed by atoms with Crippen LogP contribution in [-0.4, -0.2) is 25.3 Å². The van der Waals surface area contributed by atoms with Crippen LogP contribution < -0.4 is 0 Å². The first kappa shape index (κ1) is 14.9. The summed E-state index contributed by atoms with van der Waals surface area (Å²) in [6, 6.07) is 10.3. The fraction of sp³-hybridized carbons (Fsp3) is 0. The predicted molar refractivity (Wildman–Crippen MR) is 92.1 cm³/mol. The van der Waals surface area contributed by atoms with Gasteiger partial charge in [0.1, 0.15) is 5.75 Å². The fourth-order valence-corrected chi connectivity index (χ4v) is 3.06. The lowest BCUT2D eigenvalue weighted by Gasteiger charge is -2.07. The first-order chi connectivity index (χ1) is 11.5. The summed E-state index contributed by atoms with van der Waals surface area (Å²) in [5.41, 5.74) is 1.93. The van der Waals surface area contributed by atoms with Gasteiger partial charge in [0.2, 0.25) is 5.78 Å². The molecule has 5 nitrogen and oxygen atoms in total. The van der Waals surface area contributed by atoms with Crippen molar-refractivity contribution in [2.45, 2.75) is 0 Å². The maximum absolute atomic E-state index is 12.7. The number of aromatic nitrogens is 3. The number of phenols is 1. The molecule has 0 saturated heterocycles. The summed E-state index contributed by atoms with van der Waals surface area (Å²) in [5, 5.41) is 10.3.